The molecule has 0 amide bonds. The zero-order valence-electron chi connectivity index (χ0n) is 13.0. The van der Waals surface area contributed by atoms with Crippen molar-refractivity contribution in [2.24, 2.45) is 0 Å². The van der Waals surface area contributed by atoms with Crippen molar-refractivity contribution in [3.8, 4) is 0 Å². The molecule has 1 rings (SSSR count). The number of rotatable bonds is 8. The van der Waals surface area contributed by atoms with Crippen molar-refractivity contribution < 1.29 is 8.42 Å². The van der Waals surface area contributed by atoms with Gasteiger partial charge in [-0.05, 0) is 24.8 Å². The quantitative estimate of drug-likeness (QED) is 0.801. The SMILES string of the molecule is CCCC(C)N(C)S(=O)(=O)c1ccsc1CNC(C)C. The van der Waals surface area contributed by atoms with Gasteiger partial charge in [0.05, 0.1) is 4.90 Å². The van der Waals surface area contributed by atoms with E-state index < -0.39 is 10.0 Å². The minimum Gasteiger partial charge on any atom is -0.310 e. The molecule has 6 heteroatoms. The summed E-state index contributed by atoms with van der Waals surface area (Å²) in [5.74, 6) is 0. The van der Waals surface area contributed by atoms with E-state index in [9.17, 15) is 8.42 Å². The third-order valence-electron chi connectivity index (χ3n) is 3.36. The second-order valence-electron chi connectivity index (χ2n) is 5.40. The Bertz CT molecular complexity index is 509. The van der Waals surface area contributed by atoms with Gasteiger partial charge in [0, 0.05) is 30.6 Å². The standard InChI is InChI=1S/C14H26N2O2S2/c1-6-7-12(4)16(5)20(17,18)14-8-9-19-13(14)10-15-11(2)3/h8-9,11-12,15H,6-7,10H2,1-5H3. The first-order valence-electron chi connectivity index (χ1n) is 7.08. The van der Waals surface area contributed by atoms with Crippen molar-refractivity contribution in [3.63, 3.8) is 0 Å². The molecular weight excluding hydrogens is 292 g/mol. The zero-order valence-corrected chi connectivity index (χ0v) is 14.6. The Morgan fingerprint density at radius 1 is 1.35 bits per heavy atom. The van der Waals surface area contributed by atoms with Crippen LogP contribution in [0.5, 0.6) is 0 Å². The molecule has 0 bridgehead atoms. The van der Waals surface area contributed by atoms with Gasteiger partial charge >= 0.3 is 0 Å². The van der Waals surface area contributed by atoms with Gasteiger partial charge < -0.3 is 5.32 Å². The van der Waals surface area contributed by atoms with Crippen LogP contribution in [0.2, 0.25) is 0 Å². The lowest BCUT2D eigenvalue weighted by molar-refractivity contribution is 0.368. The highest BCUT2D eigenvalue weighted by Crippen LogP contribution is 2.26. The molecule has 0 saturated heterocycles. The first-order chi connectivity index (χ1) is 9.30. The van der Waals surface area contributed by atoms with Crippen molar-refractivity contribution in [2.45, 2.75) is 64.1 Å². The molecule has 1 unspecified atom stereocenters. The Balaban J connectivity index is 2.95. The predicted octanol–water partition coefficient (Wildman–Crippen LogP) is 3.06. The number of nitrogens with one attached hydrogen (secondary N) is 1. The average molecular weight is 319 g/mol. The largest absolute Gasteiger partial charge is 0.310 e. The summed E-state index contributed by atoms with van der Waals surface area (Å²) in [7, 11) is -1.72. The molecule has 0 aromatic carbocycles. The maximum absolute atomic E-state index is 12.7. The Morgan fingerprint density at radius 2 is 2.00 bits per heavy atom. The molecule has 0 spiro atoms. The van der Waals surface area contributed by atoms with E-state index in [0.29, 0.717) is 17.5 Å². The van der Waals surface area contributed by atoms with E-state index in [0.717, 1.165) is 17.7 Å². The molecule has 1 aromatic heterocycles. The van der Waals surface area contributed by atoms with Crippen LogP contribution in [0.15, 0.2) is 16.3 Å². The van der Waals surface area contributed by atoms with Crippen LogP contribution in [-0.2, 0) is 16.6 Å². The summed E-state index contributed by atoms with van der Waals surface area (Å²) < 4.78 is 26.9. The van der Waals surface area contributed by atoms with Crippen molar-refractivity contribution >= 4 is 21.4 Å². The van der Waals surface area contributed by atoms with Crippen LogP contribution in [0.25, 0.3) is 0 Å². The maximum atomic E-state index is 12.7. The highest BCUT2D eigenvalue weighted by molar-refractivity contribution is 7.89. The van der Waals surface area contributed by atoms with Crippen molar-refractivity contribution in [3.05, 3.63) is 16.3 Å². The highest BCUT2D eigenvalue weighted by Gasteiger charge is 2.27. The molecule has 0 fully saturated rings. The number of nitrogens with zero attached hydrogens (tertiary/aromatic N) is 1. The van der Waals surface area contributed by atoms with E-state index in [1.54, 1.807) is 13.1 Å². The lowest BCUT2D eigenvalue weighted by Crippen LogP contribution is -2.35. The molecule has 0 aliphatic carbocycles. The van der Waals surface area contributed by atoms with Crippen LogP contribution in [-0.4, -0.2) is 31.9 Å². The molecule has 1 aromatic rings. The lowest BCUT2D eigenvalue weighted by atomic mass is 10.2. The Kier molecular flexibility index (Phi) is 6.64. The number of sulfonamides is 1. The van der Waals surface area contributed by atoms with Crippen LogP contribution < -0.4 is 5.32 Å². The highest BCUT2D eigenvalue weighted by atomic mass is 32.2. The molecule has 0 radical (unpaired) electrons. The summed E-state index contributed by atoms with van der Waals surface area (Å²) in [5, 5.41) is 5.13. The van der Waals surface area contributed by atoms with E-state index in [2.05, 4.69) is 26.1 Å². The van der Waals surface area contributed by atoms with Crippen molar-refractivity contribution in [1.29, 1.82) is 0 Å². The normalized spacial score (nSPS) is 14.2. The van der Waals surface area contributed by atoms with E-state index in [4.69, 9.17) is 0 Å². The summed E-state index contributed by atoms with van der Waals surface area (Å²) in [5.41, 5.74) is 0. The van der Waals surface area contributed by atoms with E-state index in [-0.39, 0.29) is 6.04 Å². The van der Waals surface area contributed by atoms with Crippen LogP contribution >= 0.6 is 11.3 Å². The monoisotopic (exact) mass is 318 g/mol. The number of hydrogen-bond acceptors (Lipinski definition) is 4. The van der Waals surface area contributed by atoms with Gasteiger partial charge in [-0.15, -0.1) is 11.3 Å². The third-order valence-corrected chi connectivity index (χ3v) is 6.47. The molecule has 0 aliphatic rings. The number of hydrogen-bond donors (Lipinski definition) is 1. The lowest BCUT2D eigenvalue weighted by Gasteiger charge is -2.24. The smallest absolute Gasteiger partial charge is 0.244 e. The Labute approximate surface area is 127 Å². The van der Waals surface area contributed by atoms with Gasteiger partial charge in [-0.3, -0.25) is 0 Å². The molecule has 1 atom stereocenters. The summed E-state index contributed by atoms with van der Waals surface area (Å²) >= 11 is 1.49. The van der Waals surface area contributed by atoms with Gasteiger partial charge in [-0.2, -0.15) is 4.31 Å². The van der Waals surface area contributed by atoms with Gasteiger partial charge in [0.1, 0.15) is 0 Å². The zero-order chi connectivity index (χ0) is 15.3. The number of thiophene rings is 1. The van der Waals surface area contributed by atoms with E-state index in [1.807, 2.05) is 12.3 Å². The van der Waals surface area contributed by atoms with Crippen molar-refractivity contribution in [1.82, 2.24) is 9.62 Å². The average Bonchev–Trinajstić information content (AvgIpc) is 2.84. The Hall–Kier alpha value is -0.430. The van der Waals surface area contributed by atoms with Crippen LogP contribution in [0.4, 0.5) is 0 Å². The minimum absolute atomic E-state index is 0.0239. The second-order valence-corrected chi connectivity index (χ2v) is 8.37. The molecule has 20 heavy (non-hydrogen) atoms. The molecule has 116 valence electrons. The summed E-state index contributed by atoms with van der Waals surface area (Å²) in [6.45, 7) is 8.73. The molecular formula is C14H26N2O2S2. The fourth-order valence-electron chi connectivity index (χ4n) is 1.98. The topological polar surface area (TPSA) is 49.4 Å². The van der Waals surface area contributed by atoms with Gasteiger partial charge in [0.2, 0.25) is 10.0 Å². The van der Waals surface area contributed by atoms with Crippen LogP contribution in [0.3, 0.4) is 0 Å². The van der Waals surface area contributed by atoms with Gasteiger partial charge in [-0.25, -0.2) is 8.42 Å². The fourth-order valence-corrected chi connectivity index (χ4v) is 4.73. The van der Waals surface area contributed by atoms with Crippen LogP contribution in [0.1, 0.15) is 45.4 Å². The molecule has 1 N–H and O–H groups in total. The maximum Gasteiger partial charge on any atom is 0.244 e. The predicted molar refractivity (Wildman–Crippen MR) is 85.6 cm³/mol. The Morgan fingerprint density at radius 3 is 2.55 bits per heavy atom. The third kappa shape index (κ3) is 4.28. The summed E-state index contributed by atoms with van der Waals surface area (Å²) in [6.07, 6.45) is 1.85. The molecule has 0 aliphatic heterocycles. The molecule has 4 nitrogen and oxygen atoms in total. The van der Waals surface area contributed by atoms with E-state index >= 15 is 0 Å². The van der Waals surface area contributed by atoms with Gasteiger partial charge in [-0.1, -0.05) is 27.2 Å². The van der Waals surface area contributed by atoms with Crippen molar-refractivity contribution in [2.75, 3.05) is 7.05 Å². The fraction of sp³-hybridized carbons (Fsp3) is 0.714. The first kappa shape index (κ1) is 17.6. The first-order valence-corrected chi connectivity index (χ1v) is 9.40. The second kappa shape index (κ2) is 7.54. The summed E-state index contributed by atoms with van der Waals surface area (Å²) in [6, 6.07) is 2.08. The van der Waals surface area contributed by atoms with Crippen LogP contribution in [0, 0.1) is 0 Å². The van der Waals surface area contributed by atoms with Gasteiger partial charge in [0.25, 0.3) is 0 Å². The molecule has 0 saturated carbocycles. The molecule has 1 heterocycles. The van der Waals surface area contributed by atoms with Gasteiger partial charge in [0.15, 0.2) is 0 Å². The summed E-state index contributed by atoms with van der Waals surface area (Å²) in [4.78, 5) is 1.33. The minimum atomic E-state index is -3.39. The van der Waals surface area contributed by atoms with E-state index in [1.165, 1.54) is 15.6 Å².